The molecule has 0 aromatic heterocycles. The van der Waals surface area contributed by atoms with Gasteiger partial charge in [0.1, 0.15) is 0 Å². The van der Waals surface area contributed by atoms with E-state index >= 15 is 0 Å². The molecule has 0 aromatic rings. The van der Waals surface area contributed by atoms with Crippen molar-refractivity contribution in [3.8, 4) is 0 Å². The van der Waals surface area contributed by atoms with Crippen molar-refractivity contribution in [3.05, 3.63) is 0 Å². The average Bonchev–Trinajstić information content (AvgIpc) is 0. The molecule has 0 rings (SSSR count). The Morgan fingerprint density at radius 3 is 0.750 bits per heavy atom. The second-order valence-corrected chi connectivity index (χ2v) is 0. The van der Waals surface area contributed by atoms with Crippen molar-refractivity contribution < 1.29 is 0 Å². The van der Waals surface area contributed by atoms with Crippen LogP contribution in [0.2, 0.25) is 0 Å². The fourth-order valence-electron chi connectivity index (χ4n) is 0. The second kappa shape index (κ2) is 35.6. The van der Waals surface area contributed by atoms with E-state index in [9.17, 15) is 0 Å². The molecule has 3 heteroatoms. The van der Waals surface area contributed by atoms with Gasteiger partial charge in [-0.2, -0.15) is 9.90 Å². The van der Waals surface area contributed by atoms with Gasteiger partial charge in [-0.1, -0.05) is 7.43 Å². The van der Waals surface area contributed by atoms with Gasteiger partial charge in [0.2, 0.25) is 0 Å². The molecule has 0 radical (unpaired) electrons. The molecule has 4 heavy (non-hydrogen) atoms. The predicted molar refractivity (Wildman–Crippen MR) is 32.3 cm³/mol. The van der Waals surface area contributed by atoms with Crippen molar-refractivity contribution in [1.29, 1.82) is 0 Å². The van der Waals surface area contributed by atoms with E-state index in [4.69, 9.17) is 0 Å². The lowest BCUT2D eigenvalue weighted by atomic mass is 12.0. The topological polar surface area (TPSA) is 0 Å². The standard InChI is InChI=1S/CH4.2ClH.H3P/h1H4;2*1H;1H3. The maximum atomic E-state index is 0. The van der Waals surface area contributed by atoms with Gasteiger partial charge in [0.25, 0.3) is 0 Å². The third kappa shape index (κ3) is 11.9. The first-order valence-corrected chi connectivity index (χ1v) is 0. The molecule has 0 aliphatic rings. The van der Waals surface area contributed by atoms with Crippen molar-refractivity contribution in [2.45, 2.75) is 7.43 Å². The summed E-state index contributed by atoms with van der Waals surface area (Å²) >= 11 is 0. The molecule has 0 aromatic carbocycles. The monoisotopic (exact) mass is 122 g/mol. The van der Waals surface area contributed by atoms with Gasteiger partial charge in [-0.25, -0.2) is 0 Å². The Hall–Kier alpha value is 1.01. The fourth-order valence-corrected chi connectivity index (χ4v) is 0. The third-order valence-corrected chi connectivity index (χ3v) is 0. The van der Waals surface area contributed by atoms with E-state index < -0.39 is 0 Å². The molecule has 0 amide bonds. The molecule has 0 heterocycles. The quantitative estimate of drug-likeness (QED) is 0.428. The summed E-state index contributed by atoms with van der Waals surface area (Å²) in [4.78, 5) is 0. The van der Waals surface area contributed by atoms with E-state index in [2.05, 4.69) is 0 Å². The second-order valence-electron chi connectivity index (χ2n) is 0. The highest BCUT2D eigenvalue weighted by Crippen LogP contribution is 0.861. The Morgan fingerprint density at radius 1 is 0.750 bits per heavy atom. The molecule has 1 unspecified atom stereocenters. The van der Waals surface area contributed by atoms with Crippen LogP contribution in [-0.2, 0) is 0 Å². The summed E-state index contributed by atoms with van der Waals surface area (Å²) in [6.45, 7) is 0. The molecule has 0 spiro atoms. The van der Waals surface area contributed by atoms with Crippen molar-refractivity contribution >= 4 is 34.7 Å². The van der Waals surface area contributed by atoms with Gasteiger partial charge < -0.3 is 0 Å². The summed E-state index contributed by atoms with van der Waals surface area (Å²) in [6.07, 6.45) is 0. The lowest BCUT2D eigenvalue weighted by Crippen LogP contribution is 0.144. The first kappa shape index (κ1) is 79.0. The summed E-state index contributed by atoms with van der Waals surface area (Å²) in [5.74, 6) is 0. The van der Waals surface area contributed by atoms with Crippen LogP contribution in [0.4, 0.5) is 0 Å². The van der Waals surface area contributed by atoms with Crippen LogP contribution in [0.1, 0.15) is 7.43 Å². The van der Waals surface area contributed by atoms with Gasteiger partial charge in [0.15, 0.2) is 0 Å². The highest BCUT2D eigenvalue weighted by molar-refractivity contribution is 6.92. The van der Waals surface area contributed by atoms with Crippen LogP contribution in [-0.4, -0.2) is 0 Å². The van der Waals surface area contributed by atoms with Crippen molar-refractivity contribution in [2.24, 2.45) is 0 Å². The predicted octanol–water partition coefficient (Wildman–Crippen LogP) is 1.54. The minimum Gasteiger partial charge on any atom is -0.153 e. The van der Waals surface area contributed by atoms with Gasteiger partial charge in [-0.3, -0.25) is 0 Å². The van der Waals surface area contributed by atoms with E-state index in [1.165, 1.54) is 0 Å². The SMILES string of the molecule is C.Cl.Cl.P. The van der Waals surface area contributed by atoms with Gasteiger partial charge >= 0.3 is 0 Å². The summed E-state index contributed by atoms with van der Waals surface area (Å²) < 4.78 is 0. The Balaban J connectivity index is 0. The third-order valence-electron chi connectivity index (χ3n) is 0. The summed E-state index contributed by atoms with van der Waals surface area (Å²) in [7, 11) is 0. The molecule has 32 valence electrons. The maximum absolute atomic E-state index is 0. The molecule has 0 N–H and O–H groups in total. The Labute approximate surface area is 42.8 Å². The lowest BCUT2D eigenvalue weighted by Gasteiger charge is -0.154. The van der Waals surface area contributed by atoms with E-state index in [-0.39, 0.29) is 42.1 Å². The minimum absolute atomic E-state index is 0. The zero-order valence-electron chi connectivity index (χ0n) is 1.52. The van der Waals surface area contributed by atoms with Crippen LogP contribution >= 0.6 is 34.7 Å². The first-order valence-electron chi connectivity index (χ1n) is 0. The largest absolute Gasteiger partial charge is 0.153 e. The van der Waals surface area contributed by atoms with E-state index in [0.717, 1.165) is 0 Å². The molecular formula is CH9Cl2P. The van der Waals surface area contributed by atoms with Gasteiger partial charge in [-0.05, 0) is 0 Å². The van der Waals surface area contributed by atoms with Crippen LogP contribution in [0.5, 0.6) is 0 Å². The molecule has 0 fully saturated rings. The van der Waals surface area contributed by atoms with Gasteiger partial charge in [0.05, 0.1) is 0 Å². The summed E-state index contributed by atoms with van der Waals surface area (Å²) in [5, 5.41) is 0. The Kier molecular flexibility index (Phi) is 703. The molecule has 0 aliphatic heterocycles. The van der Waals surface area contributed by atoms with Crippen LogP contribution in [0.25, 0.3) is 0 Å². The molecule has 0 bridgehead atoms. The number of hydrogen-bond donors (Lipinski definition) is 0. The molecule has 0 saturated heterocycles. The van der Waals surface area contributed by atoms with Crippen molar-refractivity contribution in [1.82, 2.24) is 0 Å². The van der Waals surface area contributed by atoms with E-state index in [1.807, 2.05) is 0 Å². The molecule has 0 nitrogen and oxygen atoms in total. The smallest absolute Gasteiger partial charge is 0.0776 e. The zero-order valence-corrected chi connectivity index (χ0v) is 4.57. The van der Waals surface area contributed by atoms with E-state index in [1.54, 1.807) is 0 Å². The summed E-state index contributed by atoms with van der Waals surface area (Å²) in [6, 6.07) is 0. The van der Waals surface area contributed by atoms with Crippen molar-refractivity contribution in [3.63, 3.8) is 0 Å². The number of rotatable bonds is 0. The number of hydrogen-bond acceptors (Lipinski definition) is 0. The molecule has 0 saturated carbocycles. The average molecular weight is 123 g/mol. The molecular weight excluding hydrogens is 114 g/mol. The minimum atomic E-state index is 0. The van der Waals surface area contributed by atoms with Gasteiger partial charge in [0, 0.05) is 0 Å². The summed E-state index contributed by atoms with van der Waals surface area (Å²) in [5.41, 5.74) is 0. The Morgan fingerprint density at radius 2 is 0.750 bits per heavy atom. The zero-order chi connectivity index (χ0) is 0. The normalized spacial score (nSPS) is 0. The van der Waals surface area contributed by atoms with Gasteiger partial charge in [-0.15, -0.1) is 24.8 Å². The van der Waals surface area contributed by atoms with Crippen LogP contribution < -0.4 is 0 Å². The van der Waals surface area contributed by atoms with Crippen LogP contribution in [0.3, 0.4) is 0 Å². The highest BCUT2D eigenvalue weighted by atomic mass is 35.5. The van der Waals surface area contributed by atoms with E-state index in [0.29, 0.717) is 0 Å². The molecule has 1 atom stereocenters. The van der Waals surface area contributed by atoms with Crippen LogP contribution in [0, 0.1) is 0 Å². The lowest BCUT2D eigenvalue weighted by molar-refractivity contribution is 2.50. The highest BCUT2D eigenvalue weighted by Gasteiger charge is -0.0775. The Bertz CT molecular complexity index is 6.00. The first-order chi connectivity index (χ1) is 0. The maximum Gasteiger partial charge on any atom is -0.0776 e. The van der Waals surface area contributed by atoms with Crippen LogP contribution in [0.15, 0.2) is 0 Å². The van der Waals surface area contributed by atoms with Crippen molar-refractivity contribution in [2.75, 3.05) is 0 Å². The fraction of sp³-hybridized carbons (Fsp3) is 1.00. The molecule has 0 aliphatic carbocycles. The number of halogens is 2.